The predicted octanol–water partition coefficient (Wildman–Crippen LogP) is 1.16. The number of aliphatic hydroxyl groups is 1. The van der Waals surface area contributed by atoms with Gasteiger partial charge in [-0.2, -0.15) is 0 Å². The van der Waals surface area contributed by atoms with Crippen LogP contribution in [0.5, 0.6) is 0 Å². The van der Waals surface area contributed by atoms with Gasteiger partial charge < -0.3 is 9.84 Å². The molecular formula is C10H14O3. The van der Waals surface area contributed by atoms with E-state index in [4.69, 9.17) is 4.74 Å². The number of hydrogen-bond donors (Lipinski definition) is 1. The molecule has 0 bridgehead atoms. The van der Waals surface area contributed by atoms with Crippen molar-refractivity contribution in [3.8, 4) is 0 Å². The van der Waals surface area contributed by atoms with Crippen LogP contribution in [0.15, 0.2) is 11.1 Å². The lowest BCUT2D eigenvalue weighted by molar-refractivity contribution is -0.142. The molecule has 0 saturated heterocycles. The standard InChI is InChI=1S/C10H14O3/c1-6-7-3-4-10(2,12)5-8(7)13-9(6)11/h8,12H,3-5H2,1-2H3. The summed E-state index contributed by atoms with van der Waals surface area (Å²) in [6.07, 6.45) is 1.91. The fraction of sp³-hybridized carbons (Fsp3) is 0.700. The van der Waals surface area contributed by atoms with Crippen LogP contribution in [-0.4, -0.2) is 22.8 Å². The Bertz CT molecular complexity index is 289. The molecule has 0 aromatic carbocycles. The Morgan fingerprint density at radius 1 is 1.62 bits per heavy atom. The predicted molar refractivity (Wildman–Crippen MR) is 47.1 cm³/mol. The van der Waals surface area contributed by atoms with E-state index < -0.39 is 5.60 Å². The van der Waals surface area contributed by atoms with Crippen molar-refractivity contribution in [3.63, 3.8) is 0 Å². The number of fused-ring (bicyclic) bond motifs is 1. The van der Waals surface area contributed by atoms with E-state index in [2.05, 4.69) is 0 Å². The first-order valence-electron chi connectivity index (χ1n) is 4.63. The molecule has 1 heterocycles. The number of hydrogen-bond acceptors (Lipinski definition) is 3. The van der Waals surface area contributed by atoms with E-state index in [9.17, 15) is 9.90 Å². The van der Waals surface area contributed by atoms with Gasteiger partial charge in [0.05, 0.1) is 5.60 Å². The highest BCUT2D eigenvalue weighted by Gasteiger charge is 2.40. The summed E-state index contributed by atoms with van der Waals surface area (Å²) in [4.78, 5) is 11.2. The van der Waals surface area contributed by atoms with Gasteiger partial charge in [-0.3, -0.25) is 0 Å². The first-order valence-corrected chi connectivity index (χ1v) is 4.63. The highest BCUT2D eigenvalue weighted by molar-refractivity contribution is 5.91. The maximum atomic E-state index is 11.2. The Kier molecular flexibility index (Phi) is 1.74. The molecule has 1 aliphatic heterocycles. The lowest BCUT2D eigenvalue weighted by Crippen LogP contribution is -2.35. The van der Waals surface area contributed by atoms with Gasteiger partial charge in [0.25, 0.3) is 0 Å². The number of ether oxygens (including phenoxy) is 1. The molecule has 3 nitrogen and oxygen atoms in total. The molecule has 0 spiro atoms. The molecule has 72 valence electrons. The van der Waals surface area contributed by atoms with Gasteiger partial charge in [-0.25, -0.2) is 4.79 Å². The van der Waals surface area contributed by atoms with Gasteiger partial charge in [-0.05, 0) is 32.3 Å². The quantitative estimate of drug-likeness (QED) is 0.572. The van der Waals surface area contributed by atoms with E-state index in [-0.39, 0.29) is 12.1 Å². The topological polar surface area (TPSA) is 46.5 Å². The third-order valence-electron chi connectivity index (χ3n) is 2.98. The summed E-state index contributed by atoms with van der Waals surface area (Å²) in [6.45, 7) is 3.60. The van der Waals surface area contributed by atoms with E-state index in [0.717, 1.165) is 24.0 Å². The lowest BCUT2D eigenvalue weighted by atomic mass is 9.81. The van der Waals surface area contributed by atoms with Crippen molar-refractivity contribution in [2.24, 2.45) is 0 Å². The molecule has 1 fully saturated rings. The molecule has 13 heavy (non-hydrogen) atoms. The van der Waals surface area contributed by atoms with Crippen molar-refractivity contribution in [3.05, 3.63) is 11.1 Å². The Balaban J connectivity index is 2.24. The molecule has 2 aliphatic rings. The number of rotatable bonds is 0. The summed E-state index contributed by atoms with van der Waals surface area (Å²) in [7, 11) is 0. The highest BCUT2D eigenvalue weighted by atomic mass is 16.5. The van der Waals surface area contributed by atoms with Crippen molar-refractivity contribution in [2.45, 2.75) is 44.8 Å². The zero-order valence-electron chi connectivity index (χ0n) is 7.96. The fourth-order valence-electron chi connectivity index (χ4n) is 2.08. The first-order chi connectivity index (χ1) is 5.99. The minimum absolute atomic E-state index is 0.156. The number of carbonyl (C=O) groups is 1. The minimum Gasteiger partial charge on any atom is -0.454 e. The van der Waals surface area contributed by atoms with Crippen LogP contribution >= 0.6 is 0 Å². The Hall–Kier alpha value is -0.830. The summed E-state index contributed by atoms with van der Waals surface area (Å²) in [5.74, 6) is -0.210. The average Bonchev–Trinajstić information content (AvgIpc) is 2.25. The van der Waals surface area contributed by atoms with E-state index in [1.54, 1.807) is 13.8 Å². The Morgan fingerprint density at radius 3 is 3.00 bits per heavy atom. The molecule has 1 saturated carbocycles. The average molecular weight is 182 g/mol. The maximum Gasteiger partial charge on any atom is 0.334 e. The molecule has 0 amide bonds. The van der Waals surface area contributed by atoms with Gasteiger partial charge in [-0.1, -0.05) is 0 Å². The zero-order valence-corrected chi connectivity index (χ0v) is 7.96. The third-order valence-corrected chi connectivity index (χ3v) is 2.98. The summed E-state index contributed by atoms with van der Waals surface area (Å²) in [5, 5.41) is 9.78. The van der Waals surface area contributed by atoms with E-state index in [1.165, 1.54) is 0 Å². The smallest absolute Gasteiger partial charge is 0.334 e. The van der Waals surface area contributed by atoms with Crippen LogP contribution in [0, 0.1) is 0 Å². The lowest BCUT2D eigenvalue weighted by Gasteiger charge is -2.32. The SMILES string of the molecule is CC1=C2CCC(C)(O)CC2OC1=O. The highest BCUT2D eigenvalue weighted by Crippen LogP contribution is 2.38. The third kappa shape index (κ3) is 1.37. The monoisotopic (exact) mass is 182 g/mol. The molecule has 2 unspecified atom stereocenters. The van der Waals surface area contributed by atoms with Crippen molar-refractivity contribution < 1.29 is 14.6 Å². The Morgan fingerprint density at radius 2 is 2.31 bits per heavy atom. The van der Waals surface area contributed by atoms with E-state index in [0.29, 0.717) is 6.42 Å². The molecule has 2 rings (SSSR count). The van der Waals surface area contributed by atoms with Crippen LogP contribution in [0.2, 0.25) is 0 Å². The Labute approximate surface area is 77.4 Å². The molecular weight excluding hydrogens is 168 g/mol. The van der Waals surface area contributed by atoms with Crippen molar-refractivity contribution in [2.75, 3.05) is 0 Å². The van der Waals surface area contributed by atoms with Gasteiger partial charge in [-0.15, -0.1) is 0 Å². The molecule has 2 atom stereocenters. The summed E-state index contributed by atoms with van der Waals surface area (Å²) < 4.78 is 5.14. The fourth-order valence-corrected chi connectivity index (χ4v) is 2.08. The first kappa shape index (κ1) is 8.75. The number of carbonyl (C=O) groups excluding carboxylic acids is 1. The van der Waals surface area contributed by atoms with Crippen LogP contribution < -0.4 is 0 Å². The van der Waals surface area contributed by atoms with E-state index >= 15 is 0 Å². The molecule has 0 aromatic heterocycles. The maximum absolute atomic E-state index is 11.2. The second-order valence-corrected chi connectivity index (χ2v) is 4.25. The molecule has 1 N–H and O–H groups in total. The minimum atomic E-state index is -0.668. The normalized spacial score (nSPS) is 39.0. The van der Waals surface area contributed by atoms with Crippen molar-refractivity contribution in [1.29, 1.82) is 0 Å². The van der Waals surface area contributed by atoms with Crippen LogP contribution in [0.3, 0.4) is 0 Å². The summed E-state index contributed by atoms with van der Waals surface area (Å²) in [6, 6.07) is 0. The van der Waals surface area contributed by atoms with Crippen molar-refractivity contribution >= 4 is 5.97 Å². The largest absolute Gasteiger partial charge is 0.454 e. The number of esters is 1. The summed E-state index contributed by atoms with van der Waals surface area (Å²) >= 11 is 0. The summed E-state index contributed by atoms with van der Waals surface area (Å²) in [5.41, 5.74) is 1.18. The van der Waals surface area contributed by atoms with E-state index in [1.807, 2.05) is 0 Å². The van der Waals surface area contributed by atoms with Gasteiger partial charge in [0.1, 0.15) is 6.10 Å². The van der Waals surface area contributed by atoms with Gasteiger partial charge >= 0.3 is 5.97 Å². The van der Waals surface area contributed by atoms with Gasteiger partial charge in [0, 0.05) is 12.0 Å². The molecule has 0 radical (unpaired) electrons. The molecule has 3 heteroatoms. The van der Waals surface area contributed by atoms with Crippen LogP contribution in [0.1, 0.15) is 33.1 Å². The zero-order chi connectivity index (χ0) is 9.64. The van der Waals surface area contributed by atoms with Crippen molar-refractivity contribution in [1.82, 2.24) is 0 Å². The van der Waals surface area contributed by atoms with Gasteiger partial charge in [0.2, 0.25) is 0 Å². The second kappa shape index (κ2) is 2.58. The van der Waals surface area contributed by atoms with Gasteiger partial charge in [0.15, 0.2) is 0 Å². The van der Waals surface area contributed by atoms with Crippen LogP contribution in [0.25, 0.3) is 0 Å². The second-order valence-electron chi connectivity index (χ2n) is 4.25. The van der Waals surface area contributed by atoms with Crippen LogP contribution in [-0.2, 0) is 9.53 Å². The molecule has 1 aliphatic carbocycles. The molecule has 0 aromatic rings. The van der Waals surface area contributed by atoms with Crippen LogP contribution in [0.4, 0.5) is 0 Å².